The van der Waals surface area contributed by atoms with E-state index in [1.54, 1.807) is 6.07 Å². The molecule has 0 spiro atoms. The normalized spacial score (nSPS) is 13.1. The van der Waals surface area contributed by atoms with Gasteiger partial charge in [-0.15, -0.1) is 5.56 Å². The molecule has 2 nitrogen and oxygen atoms in total. The molecule has 1 atom stereocenters. The van der Waals surface area contributed by atoms with Crippen LogP contribution in [0.25, 0.3) is 0 Å². The standard InChI is InChI=1S/C10H14N.C6H6.C2H3N.F6P.Ru/c1-9(11(2)3)10-7-5-4-6-8-10;1-2-4-6-5-3-1;1-2-3;1-7(2,3,4,5)6;/h4-7,9H,1-3H3;1-6H;1H3;;/q-1;;;-1;+2/t9-;;;;/m1..../s1. The Hall–Kier alpha value is -1.48. The molecule has 0 saturated carbocycles. The van der Waals surface area contributed by atoms with Gasteiger partial charge in [0.05, 0.1) is 6.07 Å². The van der Waals surface area contributed by atoms with Crippen LogP contribution in [0.2, 0.25) is 0 Å². The van der Waals surface area contributed by atoms with Crippen molar-refractivity contribution in [1.82, 2.24) is 4.90 Å². The summed E-state index contributed by atoms with van der Waals surface area (Å²) in [4.78, 5) is 2.17. The topological polar surface area (TPSA) is 27.0 Å². The molecule has 0 amide bonds. The summed E-state index contributed by atoms with van der Waals surface area (Å²) in [6, 6.07) is 25.5. The summed E-state index contributed by atoms with van der Waals surface area (Å²) in [5.74, 6) is 0. The van der Waals surface area contributed by atoms with Crippen molar-refractivity contribution in [2.45, 2.75) is 19.9 Å². The molecule has 2 aromatic carbocycles. The van der Waals surface area contributed by atoms with Gasteiger partial charge in [-0.05, 0) is 21.0 Å². The second-order valence-corrected chi connectivity index (χ2v) is 7.21. The zero-order valence-corrected chi connectivity index (χ0v) is 18.4. The molecular weight excluding hydrogens is 490 g/mol. The van der Waals surface area contributed by atoms with E-state index < -0.39 is 7.81 Å². The molecule has 28 heavy (non-hydrogen) atoms. The molecule has 0 radical (unpaired) electrons. The Kier molecular flexibility index (Phi) is 14.4. The Bertz CT molecular complexity index is 621. The molecule has 160 valence electrons. The number of rotatable bonds is 2. The van der Waals surface area contributed by atoms with Gasteiger partial charge in [0.25, 0.3) is 0 Å². The summed E-state index contributed by atoms with van der Waals surface area (Å²) < 4.78 is 59.2. The first kappa shape index (κ1) is 31.2. The predicted octanol–water partition coefficient (Wildman–Crippen LogP) is 7.71. The zero-order valence-electron chi connectivity index (χ0n) is 15.8. The Morgan fingerprint density at radius 2 is 1.21 bits per heavy atom. The molecule has 2 rings (SSSR count). The fourth-order valence-corrected chi connectivity index (χ4v) is 1.33. The number of nitriles is 1. The largest absolute Gasteiger partial charge is 2.00 e. The van der Waals surface area contributed by atoms with Gasteiger partial charge in [-0.2, -0.15) is 35.6 Å². The zero-order chi connectivity index (χ0) is 21.6. The van der Waals surface area contributed by atoms with Gasteiger partial charge in [0.1, 0.15) is 0 Å². The third-order valence-corrected chi connectivity index (χ3v) is 2.62. The molecule has 0 unspecified atom stereocenters. The molecule has 10 heteroatoms. The summed E-state index contributed by atoms with van der Waals surface area (Å²) in [7, 11) is -6.51. The molecule has 0 fully saturated rings. The van der Waals surface area contributed by atoms with E-state index in [-0.39, 0.29) is 19.5 Å². The quantitative estimate of drug-likeness (QED) is 0.178. The molecule has 0 aliphatic heterocycles. The first-order valence-electron chi connectivity index (χ1n) is 7.58. The van der Waals surface area contributed by atoms with E-state index in [0.717, 1.165) is 0 Å². The average Bonchev–Trinajstić information content (AvgIpc) is 2.55. The summed E-state index contributed by atoms with van der Waals surface area (Å²) >= 11 is 0. The van der Waals surface area contributed by atoms with Crippen molar-refractivity contribution < 1.29 is 44.7 Å². The number of hydrogen-bond donors (Lipinski definition) is 0. The Morgan fingerprint density at radius 1 is 0.893 bits per heavy atom. The predicted molar refractivity (Wildman–Crippen MR) is 98.7 cm³/mol. The van der Waals surface area contributed by atoms with Crippen LogP contribution in [0.15, 0.2) is 60.7 Å². The van der Waals surface area contributed by atoms with Crippen molar-refractivity contribution in [1.29, 1.82) is 5.26 Å². The van der Waals surface area contributed by atoms with Crippen LogP contribution in [0.3, 0.4) is 0 Å². The molecule has 2 aromatic rings. The van der Waals surface area contributed by atoms with Gasteiger partial charge in [0.2, 0.25) is 0 Å². The second kappa shape index (κ2) is 12.9. The van der Waals surface area contributed by atoms with Gasteiger partial charge in [-0.1, -0.05) is 36.4 Å². The van der Waals surface area contributed by atoms with Crippen LogP contribution in [-0.4, -0.2) is 19.0 Å². The van der Waals surface area contributed by atoms with Gasteiger partial charge in [0, 0.05) is 13.0 Å². The van der Waals surface area contributed by atoms with E-state index in [1.807, 2.05) is 54.6 Å². The van der Waals surface area contributed by atoms with Crippen LogP contribution in [0, 0.1) is 17.4 Å². The van der Waals surface area contributed by atoms with E-state index >= 15 is 0 Å². The number of halogens is 6. The van der Waals surface area contributed by atoms with E-state index in [2.05, 4.69) is 38.1 Å². The maximum Gasteiger partial charge on any atom is 2.00 e. The number of benzene rings is 2. The minimum atomic E-state index is -10.7. The Labute approximate surface area is 175 Å². The third kappa shape index (κ3) is 32.2. The second-order valence-electron chi connectivity index (χ2n) is 5.29. The van der Waals surface area contributed by atoms with Crippen LogP contribution >= 0.6 is 7.81 Å². The smallest absolute Gasteiger partial charge is 0.0623 e. The summed E-state index contributed by atoms with van der Waals surface area (Å²) in [6.45, 7) is 3.60. The fraction of sp³-hybridized carbons (Fsp3) is 0.278. The molecule has 0 heterocycles. The van der Waals surface area contributed by atoms with Crippen molar-refractivity contribution in [2.24, 2.45) is 0 Å². The Balaban J connectivity index is -0.000000321. The van der Waals surface area contributed by atoms with E-state index in [9.17, 15) is 25.2 Å². The molecule has 0 aliphatic rings. The Morgan fingerprint density at radius 3 is 1.43 bits per heavy atom. The molecular formula is C18H23F6N2PRu. The number of nitrogens with zero attached hydrogens (tertiary/aromatic N) is 2. The van der Waals surface area contributed by atoms with Crippen LogP contribution in [0.5, 0.6) is 0 Å². The van der Waals surface area contributed by atoms with Gasteiger partial charge in [-0.3, -0.25) is 0 Å². The number of hydrogen-bond acceptors (Lipinski definition) is 2. The van der Waals surface area contributed by atoms with Crippen LogP contribution < -0.4 is 0 Å². The van der Waals surface area contributed by atoms with Gasteiger partial charge >= 0.3 is 52.5 Å². The fourth-order valence-electron chi connectivity index (χ4n) is 1.33. The molecule has 0 aromatic heterocycles. The SMILES string of the molecule is CC#N.C[C@H](c1[c-]cccc1)N(C)C.F[P-](F)(F)(F)(F)F.[Ru+2].c1ccccc1. The van der Waals surface area contributed by atoms with Crippen molar-refractivity contribution in [3.8, 4) is 6.07 Å². The summed E-state index contributed by atoms with van der Waals surface area (Å²) in [5, 5.41) is 7.32. The van der Waals surface area contributed by atoms with Crippen LogP contribution in [0.4, 0.5) is 25.2 Å². The van der Waals surface area contributed by atoms with E-state index in [1.165, 1.54) is 12.5 Å². The van der Waals surface area contributed by atoms with Crippen LogP contribution in [0.1, 0.15) is 25.5 Å². The van der Waals surface area contributed by atoms with Crippen molar-refractivity contribution in [2.75, 3.05) is 14.1 Å². The van der Waals surface area contributed by atoms with Gasteiger partial charge in [0.15, 0.2) is 0 Å². The van der Waals surface area contributed by atoms with Gasteiger partial charge < -0.3 is 4.90 Å². The minimum absolute atomic E-state index is 0. The summed E-state index contributed by atoms with van der Waals surface area (Å²) in [6.07, 6.45) is 0. The maximum absolute atomic E-state index is 10.7. The maximum atomic E-state index is 9.87. The summed E-state index contributed by atoms with van der Waals surface area (Å²) in [5.41, 5.74) is 1.25. The van der Waals surface area contributed by atoms with Crippen LogP contribution in [-0.2, 0) is 19.5 Å². The van der Waals surface area contributed by atoms with Crippen molar-refractivity contribution in [3.63, 3.8) is 0 Å². The first-order valence-corrected chi connectivity index (χ1v) is 9.61. The monoisotopic (exact) mass is 514 g/mol. The minimum Gasteiger partial charge on any atom is -0.0623 e. The van der Waals surface area contributed by atoms with Crippen molar-refractivity contribution in [3.05, 3.63) is 72.3 Å². The molecule has 0 saturated heterocycles. The molecule has 0 aliphatic carbocycles. The molecule has 0 bridgehead atoms. The van der Waals surface area contributed by atoms with Crippen molar-refractivity contribution >= 4 is 7.81 Å². The third-order valence-electron chi connectivity index (χ3n) is 2.62. The first-order chi connectivity index (χ1) is 12.1. The molecule has 0 N–H and O–H groups in total. The van der Waals surface area contributed by atoms with Gasteiger partial charge in [-0.25, -0.2) is 0 Å². The van der Waals surface area contributed by atoms with E-state index in [4.69, 9.17) is 5.26 Å². The van der Waals surface area contributed by atoms with E-state index in [0.29, 0.717) is 6.04 Å². The average molecular weight is 513 g/mol.